The molecule has 0 spiro atoms. The van der Waals surface area contributed by atoms with E-state index < -0.39 is 0 Å². The highest BCUT2D eigenvalue weighted by Gasteiger charge is 2.06. The first-order valence-corrected chi connectivity index (χ1v) is 8.51. The molecule has 0 saturated heterocycles. The average Bonchev–Trinajstić information content (AvgIpc) is 2.30. The fraction of sp³-hybridized carbons (Fsp3) is 1.00. The van der Waals surface area contributed by atoms with Gasteiger partial charge in [-0.2, -0.15) is 11.8 Å². The van der Waals surface area contributed by atoms with Crippen molar-refractivity contribution in [2.75, 3.05) is 5.75 Å². The van der Waals surface area contributed by atoms with E-state index in [9.17, 15) is 0 Å². The van der Waals surface area contributed by atoms with Gasteiger partial charge in [-0.15, -0.1) is 0 Å². The van der Waals surface area contributed by atoms with Gasteiger partial charge >= 0.3 is 0 Å². The maximum Gasteiger partial charge on any atom is 0.00469 e. The molecule has 0 nitrogen and oxygen atoms in total. The minimum atomic E-state index is 0.955. The van der Waals surface area contributed by atoms with Gasteiger partial charge in [0.1, 0.15) is 0 Å². The summed E-state index contributed by atoms with van der Waals surface area (Å²) in [7, 11) is 0. The van der Waals surface area contributed by atoms with Crippen molar-refractivity contribution in [3.63, 3.8) is 0 Å². The van der Waals surface area contributed by atoms with E-state index in [0.717, 1.165) is 5.25 Å². The number of hydrogen-bond donors (Lipinski definition) is 0. The molecule has 0 N–H and O–H groups in total. The Bertz CT molecular complexity index is 123. The molecule has 0 aromatic carbocycles. The SMILES string of the molecule is CCCCCCCCC(CCC)SCCC. The molecule has 98 valence electrons. The second kappa shape index (κ2) is 13.4. The molecule has 0 aromatic rings. The predicted octanol–water partition coefficient (Wildman–Crippen LogP) is 6.05. The summed E-state index contributed by atoms with van der Waals surface area (Å²) in [6.45, 7) is 6.90. The molecule has 0 aliphatic rings. The summed E-state index contributed by atoms with van der Waals surface area (Å²) in [4.78, 5) is 0. The van der Waals surface area contributed by atoms with E-state index in [2.05, 4.69) is 32.5 Å². The quantitative estimate of drug-likeness (QED) is 0.377. The van der Waals surface area contributed by atoms with Crippen LogP contribution in [0.15, 0.2) is 0 Å². The third kappa shape index (κ3) is 10.9. The monoisotopic (exact) mass is 244 g/mol. The average molecular weight is 244 g/mol. The van der Waals surface area contributed by atoms with Crippen LogP contribution in [0.2, 0.25) is 0 Å². The Morgan fingerprint density at radius 1 is 0.688 bits per heavy atom. The predicted molar refractivity (Wildman–Crippen MR) is 79.4 cm³/mol. The summed E-state index contributed by atoms with van der Waals surface area (Å²) >= 11 is 2.21. The van der Waals surface area contributed by atoms with Crippen molar-refractivity contribution < 1.29 is 0 Å². The van der Waals surface area contributed by atoms with E-state index in [1.54, 1.807) is 0 Å². The van der Waals surface area contributed by atoms with Gasteiger partial charge in [0, 0.05) is 5.25 Å². The molecule has 1 unspecified atom stereocenters. The lowest BCUT2D eigenvalue weighted by Crippen LogP contribution is -2.03. The number of thioether (sulfide) groups is 1. The van der Waals surface area contributed by atoms with Crippen LogP contribution in [0, 0.1) is 0 Å². The van der Waals surface area contributed by atoms with E-state index in [1.165, 1.54) is 70.0 Å². The van der Waals surface area contributed by atoms with Crippen LogP contribution in [0.3, 0.4) is 0 Å². The standard InChI is InChI=1S/C15H32S/c1-4-7-8-9-10-11-13-15(12-5-2)16-14-6-3/h15H,4-14H2,1-3H3. The zero-order valence-electron chi connectivity index (χ0n) is 11.8. The first kappa shape index (κ1) is 16.4. The summed E-state index contributed by atoms with van der Waals surface area (Å²) in [5, 5.41) is 0.955. The second-order valence-corrected chi connectivity index (χ2v) is 6.25. The Balaban J connectivity index is 3.36. The Morgan fingerprint density at radius 3 is 2.00 bits per heavy atom. The highest BCUT2D eigenvalue weighted by atomic mass is 32.2. The minimum absolute atomic E-state index is 0.955. The molecule has 0 aliphatic carbocycles. The maximum absolute atomic E-state index is 2.32. The number of rotatable bonds is 12. The summed E-state index contributed by atoms with van der Waals surface area (Å²) < 4.78 is 0. The third-order valence-corrected chi connectivity index (χ3v) is 4.63. The Labute approximate surface area is 108 Å². The van der Waals surface area contributed by atoms with Crippen molar-refractivity contribution in [1.29, 1.82) is 0 Å². The van der Waals surface area contributed by atoms with E-state index in [0.29, 0.717) is 0 Å². The van der Waals surface area contributed by atoms with Crippen molar-refractivity contribution in [2.45, 2.75) is 90.2 Å². The summed E-state index contributed by atoms with van der Waals surface area (Å²) in [5.41, 5.74) is 0. The van der Waals surface area contributed by atoms with Crippen LogP contribution in [0.1, 0.15) is 85.0 Å². The summed E-state index contributed by atoms with van der Waals surface area (Å²) in [6.07, 6.45) is 14.2. The lowest BCUT2D eigenvalue weighted by molar-refractivity contribution is 0.569. The van der Waals surface area contributed by atoms with Crippen LogP contribution < -0.4 is 0 Å². The van der Waals surface area contributed by atoms with Crippen molar-refractivity contribution >= 4 is 11.8 Å². The van der Waals surface area contributed by atoms with Gasteiger partial charge in [-0.1, -0.05) is 65.7 Å². The molecule has 0 amide bonds. The molecule has 1 heteroatoms. The smallest absolute Gasteiger partial charge is 0.00469 e. The minimum Gasteiger partial charge on any atom is -0.159 e. The van der Waals surface area contributed by atoms with Crippen LogP contribution in [0.5, 0.6) is 0 Å². The van der Waals surface area contributed by atoms with Crippen LogP contribution in [0.4, 0.5) is 0 Å². The Kier molecular flexibility index (Phi) is 13.7. The van der Waals surface area contributed by atoms with Gasteiger partial charge in [-0.3, -0.25) is 0 Å². The van der Waals surface area contributed by atoms with E-state index in [1.807, 2.05) is 0 Å². The molecule has 0 radical (unpaired) electrons. The van der Waals surface area contributed by atoms with Crippen molar-refractivity contribution in [2.24, 2.45) is 0 Å². The molecule has 16 heavy (non-hydrogen) atoms. The molecule has 0 bridgehead atoms. The second-order valence-electron chi connectivity index (χ2n) is 4.84. The van der Waals surface area contributed by atoms with Crippen LogP contribution >= 0.6 is 11.8 Å². The summed E-state index contributed by atoms with van der Waals surface area (Å²) in [6, 6.07) is 0. The summed E-state index contributed by atoms with van der Waals surface area (Å²) in [5.74, 6) is 1.36. The number of hydrogen-bond acceptors (Lipinski definition) is 1. The molecule has 0 heterocycles. The number of unbranched alkanes of at least 4 members (excludes halogenated alkanes) is 5. The van der Waals surface area contributed by atoms with Crippen LogP contribution in [-0.2, 0) is 0 Å². The Morgan fingerprint density at radius 2 is 1.38 bits per heavy atom. The zero-order chi connectivity index (χ0) is 12.1. The van der Waals surface area contributed by atoms with Crippen LogP contribution in [0.25, 0.3) is 0 Å². The van der Waals surface area contributed by atoms with Gasteiger partial charge in [0.25, 0.3) is 0 Å². The fourth-order valence-corrected chi connectivity index (χ4v) is 3.37. The normalized spacial score (nSPS) is 12.9. The van der Waals surface area contributed by atoms with Gasteiger partial charge < -0.3 is 0 Å². The van der Waals surface area contributed by atoms with E-state index in [4.69, 9.17) is 0 Å². The molecule has 0 rings (SSSR count). The molecule has 0 aromatic heterocycles. The van der Waals surface area contributed by atoms with Gasteiger partial charge in [-0.25, -0.2) is 0 Å². The maximum atomic E-state index is 2.32. The third-order valence-electron chi connectivity index (χ3n) is 3.05. The lowest BCUT2D eigenvalue weighted by atomic mass is 10.1. The van der Waals surface area contributed by atoms with Crippen molar-refractivity contribution in [3.8, 4) is 0 Å². The van der Waals surface area contributed by atoms with Gasteiger partial charge in [0.2, 0.25) is 0 Å². The molecule has 0 aliphatic heterocycles. The van der Waals surface area contributed by atoms with Crippen LogP contribution in [-0.4, -0.2) is 11.0 Å². The molecular formula is C15H32S. The van der Waals surface area contributed by atoms with Gasteiger partial charge in [-0.05, 0) is 25.0 Å². The zero-order valence-corrected chi connectivity index (χ0v) is 12.6. The fourth-order valence-electron chi connectivity index (χ4n) is 2.07. The van der Waals surface area contributed by atoms with E-state index >= 15 is 0 Å². The first-order valence-electron chi connectivity index (χ1n) is 7.46. The van der Waals surface area contributed by atoms with Crippen molar-refractivity contribution in [1.82, 2.24) is 0 Å². The van der Waals surface area contributed by atoms with Crippen molar-refractivity contribution in [3.05, 3.63) is 0 Å². The Hall–Kier alpha value is 0.350. The highest BCUT2D eigenvalue weighted by Crippen LogP contribution is 2.23. The highest BCUT2D eigenvalue weighted by molar-refractivity contribution is 7.99. The first-order chi connectivity index (χ1) is 7.85. The molecular weight excluding hydrogens is 212 g/mol. The molecule has 0 saturated carbocycles. The van der Waals surface area contributed by atoms with Gasteiger partial charge in [0.15, 0.2) is 0 Å². The van der Waals surface area contributed by atoms with E-state index in [-0.39, 0.29) is 0 Å². The molecule has 1 atom stereocenters. The molecule has 0 fully saturated rings. The lowest BCUT2D eigenvalue weighted by Gasteiger charge is -2.15. The van der Waals surface area contributed by atoms with Gasteiger partial charge in [0.05, 0.1) is 0 Å². The largest absolute Gasteiger partial charge is 0.159 e. The topological polar surface area (TPSA) is 0 Å².